The average molecular weight is 366 g/mol. The van der Waals surface area contributed by atoms with Crippen LogP contribution in [0.3, 0.4) is 0 Å². The minimum Gasteiger partial charge on any atom is -0.388 e. The molecule has 0 saturated heterocycles. The maximum absolute atomic E-state index is 12.8. The molecule has 1 aliphatic carbocycles. The predicted molar refractivity (Wildman–Crippen MR) is 74.9 cm³/mol. The van der Waals surface area contributed by atoms with Gasteiger partial charge in [0.25, 0.3) is 5.91 Å². The van der Waals surface area contributed by atoms with Crippen molar-refractivity contribution in [3.05, 3.63) is 33.8 Å². The highest BCUT2D eigenvalue weighted by Crippen LogP contribution is 2.35. The van der Waals surface area contributed by atoms with Crippen LogP contribution in [-0.2, 0) is 6.18 Å². The zero-order valence-corrected chi connectivity index (χ0v) is 12.7. The third-order valence-corrected chi connectivity index (χ3v) is 4.34. The number of carbonyl (C=O) groups excluding carboxylic acids is 1. The molecule has 3 nitrogen and oxygen atoms in total. The minimum absolute atomic E-state index is 0.0588. The van der Waals surface area contributed by atoms with Gasteiger partial charge in [-0.15, -0.1) is 0 Å². The third kappa shape index (κ3) is 3.97. The Morgan fingerprint density at radius 2 is 1.95 bits per heavy atom. The van der Waals surface area contributed by atoms with Crippen LogP contribution in [0.1, 0.15) is 41.6 Å². The Morgan fingerprint density at radius 1 is 1.33 bits per heavy atom. The van der Waals surface area contributed by atoms with Gasteiger partial charge in [0, 0.05) is 16.6 Å². The number of carbonyl (C=O) groups is 1. The van der Waals surface area contributed by atoms with E-state index in [0.717, 1.165) is 18.9 Å². The molecule has 0 atom stereocenters. The number of nitrogens with one attached hydrogen (secondary N) is 1. The number of benzene rings is 1. The number of aliphatic hydroxyl groups is 1. The van der Waals surface area contributed by atoms with Crippen LogP contribution >= 0.6 is 15.9 Å². The lowest BCUT2D eigenvalue weighted by Gasteiger charge is -2.22. The first-order chi connectivity index (χ1) is 9.71. The number of amides is 1. The SMILES string of the molecule is O=C(NCC1(O)CCCC1)c1ccc(Br)c(C(F)(F)F)c1. The molecule has 1 fully saturated rings. The number of hydrogen-bond acceptors (Lipinski definition) is 2. The van der Waals surface area contributed by atoms with E-state index in [-0.39, 0.29) is 16.6 Å². The summed E-state index contributed by atoms with van der Waals surface area (Å²) in [5.74, 6) is -0.617. The van der Waals surface area contributed by atoms with Gasteiger partial charge in [0.2, 0.25) is 0 Å². The molecule has 1 aliphatic rings. The summed E-state index contributed by atoms with van der Waals surface area (Å²) >= 11 is 2.83. The molecule has 1 saturated carbocycles. The Kier molecular flexibility index (Phi) is 4.63. The molecule has 7 heteroatoms. The largest absolute Gasteiger partial charge is 0.417 e. The van der Waals surface area contributed by atoms with Crippen molar-refractivity contribution in [1.29, 1.82) is 0 Å². The van der Waals surface area contributed by atoms with Gasteiger partial charge >= 0.3 is 6.18 Å². The summed E-state index contributed by atoms with van der Waals surface area (Å²) in [7, 11) is 0. The molecule has 0 aliphatic heterocycles. The minimum atomic E-state index is -4.53. The van der Waals surface area contributed by atoms with Crippen molar-refractivity contribution in [3.8, 4) is 0 Å². The lowest BCUT2D eigenvalue weighted by Crippen LogP contribution is -2.40. The van der Waals surface area contributed by atoms with Crippen LogP contribution < -0.4 is 5.32 Å². The summed E-state index contributed by atoms with van der Waals surface area (Å²) in [5.41, 5.74) is -1.90. The van der Waals surface area contributed by atoms with E-state index in [4.69, 9.17) is 0 Å². The Balaban J connectivity index is 2.09. The highest BCUT2D eigenvalue weighted by atomic mass is 79.9. The highest BCUT2D eigenvalue weighted by Gasteiger charge is 2.34. The molecule has 21 heavy (non-hydrogen) atoms. The number of halogens is 4. The van der Waals surface area contributed by atoms with Crippen LogP contribution in [0.5, 0.6) is 0 Å². The quantitative estimate of drug-likeness (QED) is 0.860. The Labute approximate surface area is 128 Å². The smallest absolute Gasteiger partial charge is 0.388 e. The van der Waals surface area contributed by atoms with Crippen LogP contribution in [0.25, 0.3) is 0 Å². The van der Waals surface area contributed by atoms with E-state index in [1.807, 2.05) is 0 Å². The van der Waals surface area contributed by atoms with E-state index in [2.05, 4.69) is 21.2 Å². The van der Waals surface area contributed by atoms with E-state index >= 15 is 0 Å². The summed E-state index contributed by atoms with van der Waals surface area (Å²) in [6.07, 6.45) is -1.55. The standard InChI is InChI=1S/C14H15BrF3NO2/c15-11-4-3-9(7-10(11)14(16,17)18)12(20)19-8-13(21)5-1-2-6-13/h3-4,7,21H,1-2,5-6,8H2,(H,19,20). The van der Waals surface area contributed by atoms with Gasteiger partial charge < -0.3 is 10.4 Å². The summed E-state index contributed by atoms with van der Waals surface area (Å²) in [5, 5.41) is 12.6. The first-order valence-electron chi connectivity index (χ1n) is 6.59. The van der Waals surface area contributed by atoms with Gasteiger partial charge in [-0.2, -0.15) is 13.2 Å². The van der Waals surface area contributed by atoms with Crippen molar-refractivity contribution in [2.24, 2.45) is 0 Å². The van der Waals surface area contributed by atoms with E-state index in [1.54, 1.807) is 0 Å². The van der Waals surface area contributed by atoms with Crippen molar-refractivity contribution in [2.45, 2.75) is 37.5 Å². The van der Waals surface area contributed by atoms with Crippen molar-refractivity contribution in [3.63, 3.8) is 0 Å². The topological polar surface area (TPSA) is 49.3 Å². The van der Waals surface area contributed by atoms with E-state index in [9.17, 15) is 23.1 Å². The van der Waals surface area contributed by atoms with Gasteiger partial charge in [-0.25, -0.2) is 0 Å². The first-order valence-corrected chi connectivity index (χ1v) is 7.38. The van der Waals surface area contributed by atoms with Crippen LogP contribution in [-0.4, -0.2) is 23.2 Å². The van der Waals surface area contributed by atoms with E-state index in [1.165, 1.54) is 12.1 Å². The first kappa shape index (κ1) is 16.3. The zero-order valence-electron chi connectivity index (χ0n) is 11.1. The lowest BCUT2D eigenvalue weighted by molar-refractivity contribution is -0.138. The summed E-state index contributed by atoms with van der Waals surface area (Å²) < 4.78 is 38.2. The van der Waals surface area contributed by atoms with Crippen LogP contribution in [0, 0.1) is 0 Å². The molecule has 0 spiro atoms. The molecule has 0 radical (unpaired) electrons. The number of hydrogen-bond donors (Lipinski definition) is 2. The molecule has 0 bridgehead atoms. The van der Waals surface area contributed by atoms with Crippen LogP contribution in [0.4, 0.5) is 13.2 Å². The summed E-state index contributed by atoms with van der Waals surface area (Å²) in [4.78, 5) is 11.9. The molecule has 2 rings (SSSR count). The van der Waals surface area contributed by atoms with Gasteiger partial charge in [-0.05, 0) is 31.0 Å². The second-order valence-corrected chi connectivity index (χ2v) is 6.16. The number of rotatable bonds is 3. The third-order valence-electron chi connectivity index (χ3n) is 3.65. The fraction of sp³-hybridized carbons (Fsp3) is 0.500. The highest BCUT2D eigenvalue weighted by molar-refractivity contribution is 9.10. The second kappa shape index (κ2) is 5.96. The molecular weight excluding hydrogens is 351 g/mol. The molecule has 116 valence electrons. The predicted octanol–water partition coefficient (Wildman–Crippen LogP) is 3.50. The van der Waals surface area contributed by atoms with Gasteiger partial charge in [0.05, 0.1) is 11.2 Å². The zero-order chi connectivity index (χ0) is 15.7. The maximum atomic E-state index is 12.8. The Hall–Kier alpha value is -1.08. The summed E-state index contributed by atoms with van der Waals surface area (Å²) in [6, 6.07) is 3.31. The molecule has 0 unspecified atom stereocenters. The Morgan fingerprint density at radius 3 is 2.52 bits per heavy atom. The van der Waals surface area contributed by atoms with Crippen molar-refractivity contribution < 1.29 is 23.1 Å². The second-order valence-electron chi connectivity index (χ2n) is 5.31. The average Bonchev–Trinajstić information content (AvgIpc) is 2.83. The Bertz CT molecular complexity index is 540. The van der Waals surface area contributed by atoms with E-state index in [0.29, 0.717) is 12.8 Å². The van der Waals surface area contributed by atoms with E-state index < -0.39 is 23.2 Å². The lowest BCUT2D eigenvalue weighted by atomic mass is 10.0. The van der Waals surface area contributed by atoms with Crippen molar-refractivity contribution >= 4 is 21.8 Å². The molecule has 0 aromatic heterocycles. The van der Waals surface area contributed by atoms with Crippen molar-refractivity contribution in [2.75, 3.05) is 6.54 Å². The molecule has 1 aromatic rings. The van der Waals surface area contributed by atoms with Gasteiger partial charge in [-0.3, -0.25) is 4.79 Å². The molecule has 1 aromatic carbocycles. The maximum Gasteiger partial charge on any atom is 0.417 e. The van der Waals surface area contributed by atoms with Crippen molar-refractivity contribution in [1.82, 2.24) is 5.32 Å². The summed E-state index contributed by atoms with van der Waals surface area (Å²) in [6.45, 7) is 0.0588. The van der Waals surface area contributed by atoms with Gasteiger partial charge in [0.15, 0.2) is 0 Å². The molecule has 2 N–H and O–H groups in total. The van der Waals surface area contributed by atoms with Gasteiger partial charge in [-0.1, -0.05) is 28.8 Å². The fourth-order valence-corrected chi connectivity index (χ4v) is 2.91. The molecule has 0 heterocycles. The molecule has 1 amide bonds. The van der Waals surface area contributed by atoms with Gasteiger partial charge in [0.1, 0.15) is 0 Å². The van der Waals surface area contributed by atoms with Crippen LogP contribution in [0.2, 0.25) is 0 Å². The normalized spacial score (nSPS) is 17.8. The number of alkyl halides is 3. The molecular formula is C14H15BrF3NO2. The fourth-order valence-electron chi connectivity index (χ4n) is 2.44. The van der Waals surface area contributed by atoms with Crippen LogP contribution in [0.15, 0.2) is 22.7 Å². The monoisotopic (exact) mass is 365 g/mol.